The van der Waals surface area contributed by atoms with Gasteiger partial charge in [-0.1, -0.05) is 23.7 Å². The van der Waals surface area contributed by atoms with Crippen LogP contribution in [0.15, 0.2) is 72.0 Å². The van der Waals surface area contributed by atoms with Crippen LogP contribution >= 0.6 is 11.6 Å². The molecule has 0 saturated carbocycles. The third-order valence-corrected chi connectivity index (χ3v) is 5.25. The summed E-state index contributed by atoms with van der Waals surface area (Å²) in [6.07, 6.45) is 4.89. The summed E-state index contributed by atoms with van der Waals surface area (Å²) in [6, 6.07) is 13.4. The summed E-state index contributed by atoms with van der Waals surface area (Å²) >= 11 is 5.95. The van der Waals surface area contributed by atoms with E-state index in [0.29, 0.717) is 18.1 Å². The Morgan fingerprint density at radius 2 is 1.76 bits per heavy atom. The zero-order chi connectivity index (χ0) is 17.7. The van der Waals surface area contributed by atoms with Crippen LogP contribution in [0.2, 0.25) is 5.02 Å². The van der Waals surface area contributed by atoms with Gasteiger partial charge < -0.3 is 5.32 Å². The van der Waals surface area contributed by atoms with Gasteiger partial charge in [-0.15, -0.1) is 0 Å². The minimum Gasteiger partial charge on any atom is -0.366 e. The molecule has 8 heteroatoms. The molecule has 0 saturated heterocycles. The summed E-state index contributed by atoms with van der Waals surface area (Å²) in [5, 5.41) is 3.32. The SMILES string of the molecule is O=S(=O)(Nc1ccc(NCc2ccncc2)nc1)c1ccccc1Cl. The molecule has 0 bridgehead atoms. The molecule has 0 atom stereocenters. The summed E-state index contributed by atoms with van der Waals surface area (Å²) in [5.74, 6) is 0.637. The third-order valence-electron chi connectivity index (χ3n) is 3.36. The number of hydrogen-bond acceptors (Lipinski definition) is 5. The van der Waals surface area contributed by atoms with Gasteiger partial charge in [0.15, 0.2) is 0 Å². The summed E-state index contributed by atoms with van der Waals surface area (Å²) < 4.78 is 27.2. The van der Waals surface area contributed by atoms with Crippen molar-refractivity contribution in [2.24, 2.45) is 0 Å². The summed E-state index contributed by atoms with van der Waals surface area (Å²) in [6.45, 7) is 0.597. The van der Waals surface area contributed by atoms with Crippen LogP contribution in [0.5, 0.6) is 0 Å². The first-order chi connectivity index (χ1) is 12.0. The van der Waals surface area contributed by atoms with Gasteiger partial charge in [0.1, 0.15) is 10.7 Å². The van der Waals surface area contributed by atoms with E-state index in [2.05, 4.69) is 20.0 Å². The fourth-order valence-corrected chi connectivity index (χ4v) is 3.69. The summed E-state index contributed by atoms with van der Waals surface area (Å²) in [4.78, 5) is 8.19. The predicted octanol–water partition coefficient (Wildman–Crippen LogP) is 3.54. The van der Waals surface area contributed by atoms with Gasteiger partial charge in [0.05, 0.1) is 16.9 Å². The Bertz CT molecular complexity index is 948. The van der Waals surface area contributed by atoms with Crippen LogP contribution in [0.4, 0.5) is 11.5 Å². The van der Waals surface area contributed by atoms with E-state index in [1.54, 1.807) is 36.7 Å². The van der Waals surface area contributed by atoms with Gasteiger partial charge >= 0.3 is 0 Å². The fourth-order valence-electron chi connectivity index (χ4n) is 2.12. The number of hydrogen-bond donors (Lipinski definition) is 2. The first-order valence-corrected chi connectivity index (χ1v) is 9.27. The lowest BCUT2D eigenvalue weighted by molar-refractivity contribution is 0.601. The topological polar surface area (TPSA) is 84.0 Å². The molecule has 0 aliphatic heterocycles. The second kappa shape index (κ2) is 7.50. The maximum atomic E-state index is 12.4. The number of rotatable bonds is 6. The Morgan fingerprint density at radius 3 is 2.44 bits per heavy atom. The van der Waals surface area contributed by atoms with Gasteiger partial charge in [0.2, 0.25) is 0 Å². The highest BCUT2D eigenvalue weighted by molar-refractivity contribution is 7.92. The molecular formula is C17H15ClN4O2S. The van der Waals surface area contributed by atoms with E-state index in [1.807, 2.05) is 12.1 Å². The number of sulfonamides is 1. The Kier molecular flexibility index (Phi) is 5.16. The zero-order valence-electron chi connectivity index (χ0n) is 13.1. The molecule has 0 radical (unpaired) electrons. The van der Waals surface area contributed by atoms with Gasteiger partial charge in [0.25, 0.3) is 10.0 Å². The van der Waals surface area contributed by atoms with E-state index < -0.39 is 10.0 Å². The molecule has 0 aliphatic rings. The molecule has 0 unspecified atom stereocenters. The maximum Gasteiger partial charge on any atom is 0.263 e. The van der Waals surface area contributed by atoms with Crippen LogP contribution in [0.3, 0.4) is 0 Å². The van der Waals surface area contributed by atoms with Gasteiger partial charge in [-0.05, 0) is 42.0 Å². The zero-order valence-corrected chi connectivity index (χ0v) is 14.6. The molecule has 0 fully saturated rings. The Morgan fingerprint density at radius 1 is 1.00 bits per heavy atom. The van der Waals surface area contributed by atoms with Crippen molar-refractivity contribution in [2.75, 3.05) is 10.0 Å². The van der Waals surface area contributed by atoms with E-state index in [1.165, 1.54) is 18.3 Å². The molecule has 0 spiro atoms. The number of benzene rings is 1. The smallest absolute Gasteiger partial charge is 0.263 e. The molecule has 2 N–H and O–H groups in total. The first kappa shape index (κ1) is 17.2. The normalized spacial score (nSPS) is 11.1. The van der Waals surface area contributed by atoms with Gasteiger partial charge in [-0.25, -0.2) is 13.4 Å². The van der Waals surface area contributed by atoms with Crippen molar-refractivity contribution in [1.29, 1.82) is 0 Å². The Balaban J connectivity index is 1.67. The maximum absolute atomic E-state index is 12.4. The minimum absolute atomic E-state index is 0.0246. The lowest BCUT2D eigenvalue weighted by atomic mass is 10.3. The van der Waals surface area contributed by atoms with Crippen LogP contribution in [0.1, 0.15) is 5.56 Å². The largest absolute Gasteiger partial charge is 0.366 e. The lowest BCUT2D eigenvalue weighted by Gasteiger charge is -2.10. The van der Waals surface area contributed by atoms with E-state index in [0.717, 1.165) is 5.56 Å². The molecule has 128 valence electrons. The molecule has 0 amide bonds. The number of nitrogens with zero attached hydrogens (tertiary/aromatic N) is 2. The molecule has 0 aliphatic carbocycles. The van der Waals surface area contributed by atoms with Crippen molar-refractivity contribution >= 4 is 33.1 Å². The molecule has 6 nitrogen and oxygen atoms in total. The highest BCUT2D eigenvalue weighted by atomic mass is 35.5. The number of aromatic nitrogens is 2. The Hall–Kier alpha value is -2.64. The van der Waals surface area contributed by atoms with Gasteiger partial charge in [-0.3, -0.25) is 9.71 Å². The van der Waals surface area contributed by atoms with E-state index in [4.69, 9.17) is 11.6 Å². The van der Waals surface area contributed by atoms with Crippen LogP contribution < -0.4 is 10.0 Å². The monoisotopic (exact) mass is 374 g/mol. The summed E-state index contributed by atoms with van der Waals surface area (Å²) in [5.41, 5.74) is 1.43. The summed E-state index contributed by atoms with van der Waals surface area (Å²) in [7, 11) is -3.76. The molecule has 2 heterocycles. The molecule has 3 aromatic rings. The van der Waals surface area contributed by atoms with Crippen molar-refractivity contribution < 1.29 is 8.42 Å². The second-order valence-electron chi connectivity index (χ2n) is 5.18. The van der Waals surface area contributed by atoms with Crippen LogP contribution in [0.25, 0.3) is 0 Å². The van der Waals surface area contributed by atoms with Gasteiger partial charge in [-0.2, -0.15) is 0 Å². The molecule has 3 rings (SSSR count). The quantitative estimate of drug-likeness (QED) is 0.689. The third kappa shape index (κ3) is 4.46. The van der Waals surface area contributed by atoms with E-state index in [-0.39, 0.29) is 9.92 Å². The average Bonchev–Trinajstić information content (AvgIpc) is 2.62. The van der Waals surface area contributed by atoms with Crippen molar-refractivity contribution in [2.45, 2.75) is 11.4 Å². The Labute approximate surface area is 151 Å². The van der Waals surface area contributed by atoms with Crippen molar-refractivity contribution in [3.8, 4) is 0 Å². The molecule has 2 aromatic heterocycles. The lowest BCUT2D eigenvalue weighted by Crippen LogP contribution is -2.13. The molecule has 1 aromatic carbocycles. The van der Waals surface area contributed by atoms with Gasteiger partial charge in [0, 0.05) is 18.9 Å². The first-order valence-electron chi connectivity index (χ1n) is 7.41. The molecule has 25 heavy (non-hydrogen) atoms. The van der Waals surface area contributed by atoms with Crippen molar-refractivity contribution in [1.82, 2.24) is 9.97 Å². The predicted molar refractivity (Wildman–Crippen MR) is 98.1 cm³/mol. The van der Waals surface area contributed by atoms with Crippen LogP contribution in [0, 0.1) is 0 Å². The number of nitrogens with one attached hydrogen (secondary N) is 2. The number of pyridine rings is 2. The fraction of sp³-hybridized carbons (Fsp3) is 0.0588. The highest BCUT2D eigenvalue weighted by Crippen LogP contribution is 2.23. The minimum atomic E-state index is -3.76. The molecular weight excluding hydrogens is 360 g/mol. The van der Waals surface area contributed by atoms with Crippen molar-refractivity contribution in [3.63, 3.8) is 0 Å². The van der Waals surface area contributed by atoms with Crippen LogP contribution in [-0.2, 0) is 16.6 Å². The van der Waals surface area contributed by atoms with E-state index in [9.17, 15) is 8.42 Å². The second-order valence-corrected chi connectivity index (χ2v) is 7.24. The highest BCUT2D eigenvalue weighted by Gasteiger charge is 2.17. The number of anilines is 2. The van der Waals surface area contributed by atoms with Crippen LogP contribution in [-0.4, -0.2) is 18.4 Å². The average molecular weight is 375 g/mol. The standard InChI is InChI=1S/C17H15ClN4O2S/c18-15-3-1-2-4-16(15)25(23,24)22-14-5-6-17(21-12-14)20-11-13-7-9-19-10-8-13/h1-10,12,22H,11H2,(H,20,21). The van der Waals surface area contributed by atoms with E-state index >= 15 is 0 Å². The number of halogens is 1. The van der Waals surface area contributed by atoms with Crippen molar-refractivity contribution in [3.05, 3.63) is 77.7 Å².